The van der Waals surface area contributed by atoms with Gasteiger partial charge in [0.25, 0.3) is 0 Å². The van der Waals surface area contributed by atoms with E-state index in [1.54, 1.807) is 0 Å². The van der Waals surface area contributed by atoms with Crippen LogP contribution in [0.5, 0.6) is 0 Å². The minimum atomic E-state index is 0.412. The van der Waals surface area contributed by atoms with Crippen molar-refractivity contribution in [2.75, 3.05) is 0 Å². The van der Waals surface area contributed by atoms with Crippen LogP contribution in [-0.4, -0.2) is 0 Å². The van der Waals surface area contributed by atoms with Gasteiger partial charge in [-0.05, 0) is 40.8 Å². The highest BCUT2D eigenvalue weighted by Gasteiger charge is 2.24. The summed E-state index contributed by atoms with van der Waals surface area (Å²) in [7, 11) is 0. The Bertz CT molecular complexity index is 611. The van der Waals surface area contributed by atoms with E-state index in [2.05, 4.69) is 77.5 Å². The Morgan fingerprint density at radius 3 is 2.58 bits per heavy atom. The van der Waals surface area contributed by atoms with Gasteiger partial charge in [-0.15, -0.1) is 0 Å². The zero-order chi connectivity index (χ0) is 13.2. The number of allylic oxidation sites excluding steroid dienone is 2. The number of rotatable bonds is 3. The fourth-order valence-corrected chi connectivity index (χ4v) is 3.27. The van der Waals surface area contributed by atoms with Crippen molar-refractivity contribution in [3.8, 4) is 0 Å². The van der Waals surface area contributed by atoms with Crippen LogP contribution < -0.4 is 0 Å². The van der Waals surface area contributed by atoms with Crippen LogP contribution in [0.15, 0.2) is 59.1 Å². The van der Waals surface area contributed by atoms with Crippen LogP contribution >= 0.6 is 15.9 Å². The van der Waals surface area contributed by atoms with Gasteiger partial charge in [0.15, 0.2) is 0 Å². The minimum absolute atomic E-state index is 0.412. The molecule has 0 spiro atoms. The molecule has 3 rings (SSSR count). The molecule has 1 unspecified atom stereocenters. The molecule has 0 radical (unpaired) electrons. The first-order valence-electron chi connectivity index (χ1n) is 6.85. The molecule has 0 aliphatic heterocycles. The molecule has 1 aliphatic rings. The van der Waals surface area contributed by atoms with Crippen molar-refractivity contribution in [3.05, 3.63) is 75.8 Å². The first kappa shape index (κ1) is 12.7. The Morgan fingerprint density at radius 1 is 1.05 bits per heavy atom. The first-order valence-corrected chi connectivity index (χ1v) is 7.64. The molecule has 0 amide bonds. The summed E-state index contributed by atoms with van der Waals surface area (Å²) < 4.78 is 1.17. The van der Waals surface area contributed by atoms with Crippen LogP contribution in [-0.2, 0) is 0 Å². The van der Waals surface area contributed by atoms with E-state index in [4.69, 9.17) is 0 Å². The summed E-state index contributed by atoms with van der Waals surface area (Å²) in [5.74, 6) is 0.412. The second-order valence-electron chi connectivity index (χ2n) is 5.06. The Balaban J connectivity index is 2.10. The smallest absolute Gasteiger partial charge is 0.0281 e. The van der Waals surface area contributed by atoms with E-state index >= 15 is 0 Å². The Kier molecular flexibility index (Phi) is 3.56. The van der Waals surface area contributed by atoms with Gasteiger partial charge in [-0.2, -0.15) is 0 Å². The molecule has 19 heavy (non-hydrogen) atoms. The summed E-state index contributed by atoms with van der Waals surface area (Å²) in [4.78, 5) is 0. The molecule has 2 aromatic carbocycles. The zero-order valence-electron chi connectivity index (χ0n) is 11.1. The molecule has 0 fully saturated rings. The Morgan fingerprint density at radius 2 is 1.84 bits per heavy atom. The van der Waals surface area contributed by atoms with Gasteiger partial charge in [-0.25, -0.2) is 0 Å². The monoisotopic (exact) mass is 312 g/mol. The van der Waals surface area contributed by atoms with Crippen molar-refractivity contribution >= 4 is 21.5 Å². The van der Waals surface area contributed by atoms with E-state index < -0.39 is 0 Å². The maximum atomic E-state index is 3.60. The van der Waals surface area contributed by atoms with E-state index in [1.165, 1.54) is 33.2 Å². The van der Waals surface area contributed by atoms with Crippen molar-refractivity contribution in [1.82, 2.24) is 0 Å². The Labute approximate surface area is 123 Å². The fourth-order valence-electron chi connectivity index (χ4n) is 2.89. The van der Waals surface area contributed by atoms with Crippen molar-refractivity contribution in [1.29, 1.82) is 0 Å². The van der Waals surface area contributed by atoms with Gasteiger partial charge in [0, 0.05) is 10.4 Å². The van der Waals surface area contributed by atoms with Crippen LogP contribution in [0.3, 0.4) is 0 Å². The predicted octanol–water partition coefficient (Wildman–Crippen LogP) is 5.78. The summed E-state index contributed by atoms with van der Waals surface area (Å²) in [5, 5.41) is 0. The van der Waals surface area contributed by atoms with Crippen LogP contribution in [0, 0.1) is 0 Å². The van der Waals surface area contributed by atoms with Crippen molar-refractivity contribution in [2.45, 2.75) is 25.7 Å². The van der Waals surface area contributed by atoms with Gasteiger partial charge in [-0.1, -0.05) is 71.7 Å². The van der Waals surface area contributed by atoms with Crippen LogP contribution in [0.4, 0.5) is 0 Å². The third-order valence-corrected chi connectivity index (χ3v) is 4.23. The highest BCUT2D eigenvalue weighted by molar-refractivity contribution is 9.10. The molecule has 0 heterocycles. The molecule has 0 N–H and O–H groups in total. The van der Waals surface area contributed by atoms with Gasteiger partial charge in [0.2, 0.25) is 0 Å². The lowest BCUT2D eigenvalue weighted by molar-refractivity contribution is 0.974. The quantitative estimate of drug-likeness (QED) is 0.674. The summed E-state index contributed by atoms with van der Waals surface area (Å²) in [6, 6.07) is 17.4. The normalized spacial score (nSPS) is 17.2. The average molecular weight is 313 g/mol. The third-order valence-electron chi connectivity index (χ3n) is 3.74. The van der Waals surface area contributed by atoms with E-state index in [1.807, 2.05) is 0 Å². The maximum Gasteiger partial charge on any atom is 0.0281 e. The molecule has 1 heteroatoms. The van der Waals surface area contributed by atoms with E-state index in [9.17, 15) is 0 Å². The lowest BCUT2D eigenvalue weighted by Gasteiger charge is -2.11. The standard InChI is InChI=1S/C18H17Br/c1-2-6-14-11-17(13-7-4-3-5-8-13)18-12-15(19)9-10-16(14)18/h3-5,7-12,17H,2,6H2,1H3. The SMILES string of the molecule is CCCC1=CC(c2ccccc2)c2cc(Br)ccc21. The van der Waals surface area contributed by atoms with Gasteiger partial charge in [0.1, 0.15) is 0 Å². The zero-order valence-corrected chi connectivity index (χ0v) is 12.7. The summed E-state index contributed by atoms with van der Waals surface area (Å²) >= 11 is 3.60. The largest absolute Gasteiger partial charge is 0.0688 e. The number of hydrogen-bond acceptors (Lipinski definition) is 0. The summed E-state index contributed by atoms with van der Waals surface area (Å²) in [6.07, 6.45) is 4.80. The van der Waals surface area contributed by atoms with Crippen molar-refractivity contribution in [3.63, 3.8) is 0 Å². The second-order valence-corrected chi connectivity index (χ2v) is 5.98. The van der Waals surface area contributed by atoms with Gasteiger partial charge < -0.3 is 0 Å². The molecule has 0 saturated heterocycles. The lowest BCUT2D eigenvalue weighted by atomic mass is 9.93. The predicted molar refractivity (Wildman–Crippen MR) is 85.3 cm³/mol. The number of benzene rings is 2. The molecule has 0 saturated carbocycles. The number of fused-ring (bicyclic) bond motifs is 1. The van der Waals surface area contributed by atoms with E-state index in [0.29, 0.717) is 5.92 Å². The summed E-state index contributed by atoms with van der Waals surface area (Å²) in [5.41, 5.74) is 5.75. The van der Waals surface area contributed by atoms with Gasteiger partial charge in [0.05, 0.1) is 0 Å². The Hall–Kier alpha value is -1.34. The van der Waals surface area contributed by atoms with E-state index in [0.717, 1.165) is 6.42 Å². The fraction of sp³-hybridized carbons (Fsp3) is 0.222. The lowest BCUT2D eigenvalue weighted by Crippen LogP contribution is -1.95. The van der Waals surface area contributed by atoms with Crippen LogP contribution in [0.2, 0.25) is 0 Å². The molecular formula is C18H17Br. The summed E-state index contributed by atoms with van der Waals surface area (Å²) in [6.45, 7) is 2.25. The minimum Gasteiger partial charge on any atom is -0.0688 e. The van der Waals surface area contributed by atoms with Crippen molar-refractivity contribution < 1.29 is 0 Å². The topological polar surface area (TPSA) is 0 Å². The first-order chi connectivity index (χ1) is 9.29. The highest BCUT2D eigenvalue weighted by Crippen LogP contribution is 2.42. The molecule has 0 bridgehead atoms. The molecular weight excluding hydrogens is 296 g/mol. The molecule has 1 atom stereocenters. The van der Waals surface area contributed by atoms with E-state index in [-0.39, 0.29) is 0 Å². The van der Waals surface area contributed by atoms with Gasteiger partial charge >= 0.3 is 0 Å². The molecule has 1 aliphatic carbocycles. The molecule has 96 valence electrons. The van der Waals surface area contributed by atoms with Gasteiger partial charge in [-0.3, -0.25) is 0 Å². The molecule has 0 nitrogen and oxygen atoms in total. The third kappa shape index (κ3) is 2.40. The highest BCUT2D eigenvalue weighted by atomic mass is 79.9. The molecule has 0 aromatic heterocycles. The second kappa shape index (κ2) is 5.34. The van der Waals surface area contributed by atoms with Crippen LogP contribution in [0.1, 0.15) is 42.4 Å². The number of halogens is 1. The van der Waals surface area contributed by atoms with Crippen LogP contribution in [0.25, 0.3) is 5.57 Å². The maximum absolute atomic E-state index is 3.60. The number of hydrogen-bond donors (Lipinski definition) is 0. The molecule has 2 aromatic rings. The average Bonchev–Trinajstić information content (AvgIpc) is 2.78. The van der Waals surface area contributed by atoms with Crippen molar-refractivity contribution in [2.24, 2.45) is 0 Å².